The number of hydrogen-bond acceptors (Lipinski definition) is 15. The van der Waals surface area contributed by atoms with E-state index in [0.29, 0.717) is 25.7 Å². The lowest BCUT2D eigenvalue weighted by Gasteiger charge is -2.21. The van der Waals surface area contributed by atoms with E-state index in [-0.39, 0.29) is 25.7 Å². The van der Waals surface area contributed by atoms with E-state index in [1.54, 1.807) is 0 Å². The highest BCUT2D eigenvalue weighted by Crippen LogP contribution is 2.45. The quantitative estimate of drug-likeness (QED) is 0.0222. The van der Waals surface area contributed by atoms with Gasteiger partial charge in [0.1, 0.15) is 19.3 Å². The summed E-state index contributed by atoms with van der Waals surface area (Å²) in [5.41, 5.74) is 0. The van der Waals surface area contributed by atoms with Crippen molar-refractivity contribution in [3.63, 3.8) is 0 Å². The molecule has 0 aromatic carbocycles. The first-order valence-corrected chi connectivity index (χ1v) is 47.5. The Bertz CT molecular complexity index is 2030. The molecule has 0 spiro atoms. The van der Waals surface area contributed by atoms with Crippen LogP contribution >= 0.6 is 15.6 Å². The highest BCUT2D eigenvalue weighted by atomic mass is 31.2. The van der Waals surface area contributed by atoms with Gasteiger partial charge in [-0.25, -0.2) is 9.13 Å². The van der Waals surface area contributed by atoms with Crippen LogP contribution in [0.4, 0.5) is 0 Å². The first kappa shape index (κ1) is 103. The number of carbonyl (C=O) groups is 4. The number of phosphoric acid groups is 2. The predicted molar refractivity (Wildman–Crippen MR) is 432 cm³/mol. The molecule has 0 aromatic rings. The molecule has 19 heteroatoms. The molecule has 0 heterocycles. The summed E-state index contributed by atoms with van der Waals surface area (Å²) in [6.45, 7) is 12.1. The number of ether oxygens (including phenoxy) is 4. The molecule has 0 rings (SSSR count). The summed E-state index contributed by atoms with van der Waals surface area (Å²) in [4.78, 5) is 73.2. The van der Waals surface area contributed by atoms with Crippen molar-refractivity contribution in [2.75, 3.05) is 39.6 Å². The van der Waals surface area contributed by atoms with Gasteiger partial charge >= 0.3 is 39.5 Å². The Morgan fingerprint density at radius 3 is 0.676 bits per heavy atom. The monoisotopic (exact) mass is 1540 g/mol. The Morgan fingerprint density at radius 2 is 0.457 bits per heavy atom. The maximum atomic E-state index is 13.2. The number of carbonyl (C=O) groups excluding carboxylic acids is 4. The fourth-order valence-electron chi connectivity index (χ4n) is 13.3. The lowest BCUT2D eigenvalue weighted by Crippen LogP contribution is -2.30. The minimum absolute atomic E-state index is 0.106. The van der Waals surface area contributed by atoms with Crippen molar-refractivity contribution >= 4 is 39.5 Å². The summed E-state index contributed by atoms with van der Waals surface area (Å²) in [6.07, 6.45) is 66.5. The number of unbranched alkanes of at least 4 members (excludes halogenated alkanes) is 49. The molecule has 0 saturated heterocycles. The average Bonchev–Trinajstić information content (AvgIpc) is 0.958. The summed E-state index contributed by atoms with van der Waals surface area (Å²) in [7, 11) is -9.93. The van der Waals surface area contributed by atoms with Crippen LogP contribution in [0.1, 0.15) is 453 Å². The lowest BCUT2D eigenvalue weighted by atomic mass is 9.99. The van der Waals surface area contributed by atoms with Crippen molar-refractivity contribution in [3.05, 3.63) is 0 Å². The smallest absolute Gasteiger partial charge is 0.462 e. The second kappa shape index (κ2) is 76.1. The zero-order valence-corrected chi connectivity index (χ0v) is 71.0. The van der Waals surface area contributed by atoms with E-state index in [9.17, 15) is 43.2 Å². The molecule has 0 amide bonds. The van der Waals surface area contributed by atoms with Gasteiger partial charge in [-0.2, -0.15) is 0 Å². The minimum Gasteiger partial charge on any atom is -0.462 e. The van der Waals surface area contributed by atoms with Crippen molar-refractivity contribution < 1.29 is 80.2 Å². The minimum atomic E-state index is -4.97. The van der Waals surface area contributed by atoms with Gasteiger partial charge in [-0.3, -0.25) is 37.3 Å². The van der Waals surface area contributed by atoms with Crippen LogP contribution in [0, 0.1) is 17.8 Å². The first-order chi connectivity index (χ1) is 50.8. The Morgan fingerprint density at radius 1 is 0.267 bits per heavy atom. The van der Waals surface area contributed by atoms with E-state index >= 15 is 0 Å². The van der Waals surface area contributed by atoms with E-state index in [1.165, 1.54) is 263 Å². The van der Waals surface area contributed by atoms with Gasteiger partial charge in [0, 0.05) is 25.7 Å². The molecule has 8 atom stereocenters. The van der Waals surface area contributed by atoms with Crippen molar-refractivity contribution in [2.45, 2.75) is 471 Å². The highest BCUT2D eigenvalue weighted by molar-refractivity contribution is 7.47. The number of hydrogen-bond donors (Lipinski definition) is 3. The summed E-state index contributed by atoms with van der Waals surface area (Å²) >= 11 is 0. The second-order valence-electron chi connectivity index (χ2n) is 31.7. The molecule has 0 aliphatic heterocycles. The van der Waals surface area contributed by atoms with Crippen molar-refractivity contribution in [2.24, 2.45) is 17.8 Å². The van der Waals surface area contributed by atoms with Crippen molar-refractivity contribution in [1.29, 1.82) is 0 Å². The third-order valence-corrected chi connectivity index (χ3v) is 23.1. The molecule has 624 valence electrons. The van der Waals surface area contributed by atoms with Crippen LogP contribution in [0.25, 0.3) is 0 Å². The average molecular weight is 1540 g/mol. The Kier molecular flexibility index (Phi) is 74.7. The van der Waals surface area contributed by atoms with Gasteiger partial charge in [0.05, 0.1) is 26.4 Å². The maximum absolute atomic E-state index is 13.2. The molecule has 3 N–H and O–H groups in total. The third kappa shape index (κ3) is 75.9. The molecule has 0 radical (unpaired) electrons. The molecule has 0 aliphatic carbocycles. The Labute approximate surface area is 645 Å². The normalized spacial score (nSPS) is 14.6. The summed E-state index contributed by atoms with van der Waals surface area (Å²) < 4.78 is 68.9. The van der Waals surface area contributed by atoms with Gasteiger partial charge in [-0.05, 0) is 43.4 Å². The number of rotatable bonds is 84. The number of aliphatic hydroxyl groups is 1. The highest BCUT2D eigenvalue weighted by Gasteiger charge is 2.31. The second-order valence-corrected chi connectivity index (χ2v) is 34.6. The molecular formula is C86H168O17P2. The van der Waals surface area contributed by atoms with Crippen LogP contribution in [0.3, 0.4) is 0 Å². The zero-order valence-electron chi connectivity index (χ0n) is 69.2. The number of esters is 4. The van der Waals surface area contributed by atoms with Gasteiger partial charge in [0.15, 0.2) is 12.2 Å². The fourth-order valence-corrected chi connectivity index (χ4v) is 14.9. The summed E-state index contributed by atoms with van der Waals surface area (Å²) in [5.74, 6) is 0.325. The topological polar surface area (TPSA) is 237 Å². The molecular weight excluding hydrogens is 1370 g/mol. The fraction of sp³-hybridized carbons (Fsp3) is 0.953. The lowest BCUT2D eigenvalue weighted by molar-refractivity contribution is -0.161. The van der Waals surface area contributed by atoms with Gasteiger partial charge in [-0.1, -0.05) is 402 Å². The molecule has 0 saturated carbocycles. The van der Waals surface area contributed by atoms with Crippen molar-refractivity contribution in [3.8, 4) is 0 Å². The molecule has 0 aromatic heterocycles. The molecule has 0 aliphatic rings. The van der Waals surface area contributed by atoms with E-state index in [0.717, 1.165) is 108 Å². The summed E-state index contributed by atoms with van der Waals surface area (Å²) in [6, 6.07) is 0. The van der Waals surface area contributed by atoms with E-state index in [4.69, 9.17) is 37.0 Å². The largest absolute Gasteiger partial charge is 0.472 e. The number of aliphatic hydroxyl groups excluding tert-OH is 1. The van der Waals surface area contributed by atoms with E-state index in [1.807, 2.05) is 0 Å². The Balaban J connectivity index is 5.26. The van der Waals surface area contributed by atoms with Gasteiger partial charge < -0.3 is 33.8 Å². The molecule has 0 fully saturated rings. The van der Waals surface area contributed by atoms with Crippen LogP contribution in [0.5, 0.6) is 0 Å². The predicted octanol–water partition coefficient (Wildman–Crippen LogP) is 26.1. The summed E-state index contributed by atoms with van der Waals surface area (Å²) in [5, 5.41) is 10.7. The Hall–Kier alpha value is -1.94. The van der Waals surface area contributed by atoms with Crippen LogP contribution < -0.4 is 0 Å². The van der Waals surface area contributed by atoms with Crippen LogP contribution in [-0.4, -0.2) is 96.7 Å². The van der Waals surface area contributed by atoms with Crippen LogP contribution in [0.2, 0.25) is 0 Å². The van der Waals surface area contributed by atoms with E-state index in [2.05, 4.69) is 48.5 Å². The number of phosphoric ester groups is 2. The zero-order chi connectivity index (χ0) is 77.2. The standard InChI is InChI=1S/C86H168O17P2/c1-8-12-13-14-15-16-17-18-19-20-21-22-23-24-25-30-33-39-48-55-62-69-85(90)102-81(73-96-83(88)67-60-53-46-38-32-29-27-26-28-31-36-43-50-57-64-77(5)9-2)75-100-104(92,93)98-71-80(87)72-99-105(94,95)101-76-82(74-97-84(89)68-61-54-47-42-41-45-52-59-66-79(7)11-4)103-86(91)70-63-56-49-40-35-34-37-44-51-58-65-78(6)10-3/h77-82,87H,8-76H2,1-7H3,(H,92,93)(H,94,95)/t77?,78?,79?,80-,81-,82-/m1/s1. The molecule has 0 bridgehead atoms. The van der Waals surface area contributed by atoms with Crippen LogP contribution in [0.15, 0.2) is 0 Å². The van der Waals surface area contributed by atoms with Crippen LogP contribution in [-0.2, 0) is 65.4 Å². The molecule has 17 nitrogen and oxygen atoms in total. The van der Waals surface area contributed by atoms with E-state index < -0.39 is 97.5 Å². The van der Waals surface area contributed by atoms with Gasteiger partial charge in [0.2, 0.25) is 0 Å². The third-order valence-electron chi connectivity index (χ3n) is 21.2. The molecule has 105 heavy (non-hydrogen) atoms. The van der Waals surface area contributed by atoms with Gasteiger partial charge in [0.25, 0.3) is 0 Å². The van der Waals surface area contributed by atoms with Gasteiger partial charge in [-0.15, -0.1) is 0 Å². The maximum Gasteiger partial charge on any atom is 0.472 e. The first-order valence-electron chi connectivity index (χ1n) is 44.5. The molecule has 5 unspecified atom stereocenters. The SMILES string of the molecule is CCCCCCCCCCCCCCCCCCCCCCCC(=O)O[C@H](COC(=O)CCCCCCCCCCCCCCCCC(C)CC)COP(=O)(O)OC[C@@H](O)COP(=O)(O)OC[C@@H](COC(=O)CCCCCCCCCCC(C)CC)OC(=O)CCCCCCCCCCCCC(C)CC. The van der Waals surface area contributed by atoms with Crippen molar-refractivity contribution in [1.82, 2.24) is 0 Å².